The quantitative estimate of drug-likeness (QED) is 0.440. The third-order valence-corrected chi connectivity index (χ3v) is 2.12. The van der Waals surface area contributed by atoms with Gasteiger partial charge in [0, 0.05) is 0 Å². The first-order chi connectivity index (χ1) is 4.90. The molecule has 1 unspecified atom stereocenters. The molecule has 0 aliphatic carbocycles. The molecule has 0 aliphatic rings. The Kier molecular flexibility index (Phi) is 3.85. The predicted octanol–water partition coefficient (Wildman–Crippen LogP) is -0.497. The van der Waals surface area contributed by atoms with Crippen LogP contribution in [0.5, 0.6) is 0 Å². The summed E-state index contributed by atoms with van der Waals surface area (Å²) in [5.74, 6) is -1.11. The zero-order chi connectivity index (χ0) is 9.07. The smallest absolute Gasteiger partial charge is 0.306 e. The molecule has 0 amide bonds. The molecule has 0 aromatic heterocycles. The Bertz CT molecular complexity index is 146. The van der Waals surface area contributed by atoms with Gasteiger partial charge < -0.3 is 15.3 Å². The molecule has 0 rings (SSSR count). The molecule has 0 saturated carbocycles. The maximum atomic E-state index is 10.2. The fourth-order valence-electron chi connectivity index (χ4n) is 0.621. The Hall–Kier alpha value is -0.260. The van der Waals surface area contributed by atoms with Crippen molar-refractivity contribution < 1.29 is 20.1 Å². The van der Waals surface area contributed by atoms with Crippen molar-refractivity contribution in [2.75, 3.05) is 6.61 Å². The van der Waals surface area contributed by atoms with Gasteiger partial charge in [0.05, 0.1) is 23.9 Å². The summed E-state index contributed by atoms with van der Waals surface area (Å²) in [6.07, 6.45) is -0.415. The third kappa shape index (κ3) is 3.60. The molecule has 0 aliphatic heterocycles. The van der Waals surface area contributed by atoms with Crippen molar-refractivity contribution in [2.45, 2.75) is 24.2 Å². The fourth-order valence-corrected chi connectivity index (χ4v) is 0.712. The van der Waals surface area contributed by atoms with Gasteiger partial charge in [-0.05, 0) is 6.92 Å². The van der Waals surface area contributed by atoms with Gasteiger partial charge in [0.1, 0.15) is 0 Å². The lowest BCUT2D eigenvalue weighted by molar-refractivity contribution is -0.142. The number of aliphatic hydroxyl groups is 2. The summed E-state index contributed by atoms with van der Waals surface area (Å²) < 4.78 is 0. The molecule has 0 saturated heterocycles. The molecular formula is C6H12O4S. The first-order valence-corrected chi connectivity index (χ1v) is 3.65. The van der Waals surface area contributed by atoms with E-state index in [2.05, 4.69) is 12.6 Å². The van der Waals surface area contributed by atoms with Crippen molar-refractivity contribution in [1.29, 1.82) is 0 Å². The van der Waals surface area contributed by atoms with Gasteiger partial charge in [-0.1, -0.05) is 0 Å². The van der Waals surface area contributed by atoms with Gasteiger partial charge in [0.25, 0.3) is 0 Å². The van der Waals surface area contributed by atoms with Crippen molar-refractivity contribution >= 4 is 18.6 Å². The summed E-state index contributed by atoms with van der Waals surface area (Å²) >= 11 is 3.82. The average molecular weight is 180 g/mol. The van der Waals surface area contributed by atoms with Crippen molar-refractivity contribution in [1.82, 2.24) is 0 Å². The number of carbonyl (C=O) groups is 1. The van der Waals surface area contributed by atoms with E-state index in [1.54, 1.807) is 0 Å². The summed E-state index contributed by atoms with van der Waals surface area (Å²) in [6.45, 7) is 0.985. The monoisotopic (exact) mass is 180 g/mol. The van der Waals surface area contributed by atoms with Gasteiger partial charge in [-0.3, -0.25) is 4.79 Å². The van der Waals surface area contributed by atoms with Gasteiger partial charge in [0.2, 0.25) is 0 Å². The van der Waals surface area contributed by atoms with Crippen LogP contribution in [0.15, 0.2) is 0 Å². The molecule has 0 bridgehead atoms. The number of carboxylic acids is 1. The molecule has 0 aromatic rings. The van der Waals surface area contributed by atoms with Gasteiger partial charge in [0.15, 0.2) is 0 Å². The largest absolute Gasteiger partial charge is 0.481 e. The molecule has 11 heavy (non-hydrogen) atoms. The number of carboxylic acid groups (broad SMARTS) is 1. The Labute approximate surface area is 70.3 Å². The highest BCUT2D eigenvalue weighted by atomic mass is 32.1. The van der Waals surface area contributed by atoms with Crippen LogP contribution in [0.2, 0.25) is 0 Å². The fraction of sp³-hybridized carbons (Fsp3) is 0.833. The van der Waals surface area contributed by atoms with Crippen molar-refractivity contribution in [3.05, 3.63) is 0 Å². The van der Waals surface area contributed by atoms with Crippen LogP contribution in [0.3, 0.4) is 0 Å². The average Bonchev–Trinajstić information content (AvgIpc) is 1.83. The molecular weight excluding hydrogens is 168 g/mol. The summed E-state index contributed by atoms with van der Waals surface area (Å²) in [5, 5.41) is 25.5. The molecule has 2 atom stereocenters. The molecule has 0 aromatic carbocycles. The highest BCUT2D eigenvalue weighted by Gasteiger charge is 2.31. The van der Waals surface area contributed by atoms with E-state index in [0.29, 0.717) is 0 Å². The highest BCUT2D eigenvalue weighted by Crippen LogP contribution is 2.18. The van der Waals surface area contributed by atoms with Crippen LogP contribution >= 0.6 is 12.6 Å². The highest BCUT2D eigenvalue weighted by molar-refractivity contribution is 7.81. The summed E-state index contributed by atoms with van der Waals surface area (Å²) in [5.41, 5.74) is -1.45. The minimum Gasteiger partial charge on any atom is -0.481 e. The zero-order valence-electron chi connectivity index (χ0n) is 6.19. The maximum Gasteiger partial charge on any atom is 0.306 e. The second-order valence-corrected chi connectivity index (χ2v) is 3.25. The lowest BCUT2D eigenvalue weighted by Crippen LogP contribution is -2.40. The molecule has 0 heterocycles. The number of aliphatic carboxylic acids is 1. The Morgan fingerprint density at radius 2 is 2.18 bits per heavy atom. The second kappa shape index (κ2) is 3.94. The van der Waals surface area contributed by atoms with Gasteiger partial charge in [-0.25, -0.2) is 0 Å². The van der Waals surface area contributed by atoms with Crippen LogP contribution in [0.4, 0.5) is 0 Å². The first-order valence-electron chi connectivity index (χ1n) is 3.13. The molecule has 0 fully saturated rings. The van der Waals surface area contributed by atoms with E-state index >= 15 is 0 Å². The number of rotatable bonds is 4. The topological polar surface area (TPSA) is 77.8 Å². The van der Waals surface area contributed by atoms with Crippen molar-refractivity contribution in [2.24, 2.45) is 0 Å². The Morgan fingerprint density at radius 3 is 2.45 bits per heavy atom. The molecule has 66 valence electrons. The van der Waals surface area contributed by atoms with Crippen LogP contribution in [-0.2, 0) is 4.79 Å². The van der Waals surface area contributed by atoms with E-state index in [1.807, 2.05) is 0 Å². The van der Waals surface area contributed by atoms with Gasteiger partial charge >= 0.3 is 5.97 Å². The van der Waals surface area contributed by atoms with Gasteiger partial charge in [-0.15, -0.1) is 0 Å². The van der Waals surface area contributed by atoms with E-state index < -0.39 is 23.2 Å². The van der Waals surface area contributed by atoms with Crippen LogP contribution in [0.25, 0.3) is 0 Å². The van der Waals surface area contributed by atoms with Crippen LogP contribution < -0.4 is 0 Å². The van der Waals surface area contributed by atoms with E-state index in [9.17, 15) is 9.90 Å². The molecule has 3 N–H and O–H groups in total. The van der Waals surface area contributed by atoms with Crippen LogP contribution in [0.1, 0.15) is 13.3 Å². The van der Waals surface area contributed by atoms with Crippen molar-refractivity contribution in [3.63, 3.8) is 0 Å². The number of thiol groups is 1. The summed E-state index contributed by atoms with van der Waals surface area (Å²) in [6, 6.07) is 0. The minimum absolute atomic E-state index is 0.344. The minimum atomic E-state index is -1.45. The summed E-state index contributed by atoms with van der Waals surface area (Å²) in [4.78, 5) is 10.2. The molecule has 4 nitrogen and oxygen atoms in total. The number of aliphatic hydroxyl groups excluding tert-OH is 1. The summed E-state index contributed by atoms with van der Waals surface area (Å²) in [7, 11) is 0. The first kappa shape index (κ1) is 10.7. The number of hydrogen-bond donors (Lipinski definition) is 4. The molecule has 0 radical (unpaired) electrons. The third-order valence-electron chi connectivity index (χ3n) is 1.40. The standard InChI is InChI=1S/C6H12O4S/c1-6(10,2-5(8)9)4(11)3-7/h4,7,10-11H,2-3H2,1H3,(H,8,9)/t4?,6-/m0/s1. The zero-order valence-corrected chi connectivity index (χ0v) is 7.08. The number of hydrogen-bond acceptors (Lipinski definition) is 4. The van der Waals surface area contributed by atoms with E-state index in [0.717, 1.165) is 0 Å². The van der Waals surface area contributed by atoms with E-state index in [1.165, 1.54) is 6.92 Å². The van der Waals surface area contributed by atoms with E-state index in [-0.39, 0.29) is 6.61 Å². The maximum absolute atomic E-state index is 10.2. The van der Waals surface area contributed by atoms with Crippen LogP contribution in [-0.4, -0.2) is 38.7 Å². The van der Waals surface area contributed by atoms with Crippen LogP contribution in [0, 0.1) is 0 Å². The normalized spacial score (nSPS) is 18.9. The lowest BCUT2D eigenvalue weighted by Gasteiger charge is -2.25. The predicted molar refractivity (Wildman–Crippen MR) is 42.7 cm³/mol. The van der Waals surface area contributed by atoms with Crippen molar-refractivity contribution in [3.8, 4) is 0 Å². The second-order valence-electron chi connectivity index (χ2n) is 2.63. The Morgan fingerprint density at radius 1 is 1.73 bits per heavy atom. The molecule has 5 heteroatoms. The van der Waals surface area contributed by atoms with Gasteiger partial charge in [-0.2, -0.15) is 12.6 Å². The lowest BCUT2D eigenvalue weighted by atomic mass is 9.98. The molecule has 0 spiro atoms. The Balaban J connectivity index is 4.08. The SMILES string of the molecule is C[C@](O)(CC(=O)O)C(S)CO. The van der Waals surface area contributed by atoms with E-state index in [4.69, 9.17) is 10.2 Å².